The van der Waals surface area contributed by atoms with Gasteiger partial charge in [0.25, 0.3) is 0 Å². The summed E-state index contributed by atoms with van der Waals surface area (Å²) in [4.78, 5) is 4.57. The van der Waals surface area contributed by atoms with E-state index < -0.39 is 0 Å². The highest BCUT2D eigenvalue weighted by Gasteiger charge is 2.03. The molecule has 0 saturated heterocycles. The van der Waals surface area contributed by atoms with Crippen molar-refractivity contribution in [3.63, 3.8) is 0 Å². The number of halogens is 1. The summed E-state index contributed by atoms with van der Waals surface area (Å²) >= 11 is 0. The Morgan fingerprint density at radius 2 is 2.14 bits per heavy atom. The third-order valence-corrected chi connectivity index (χ3v) is 2.86. The van der Waals surface area contributed by atoms with Crippen LogP contribution in [0.3, 0.4) is 0 Å². The van der Waals surface area contributed by atoms with Crippen LogP contribution in [0.1, 0.15) is 46.4 Å². The molecular weight excluding hydrogens is 379 g/mol. The van der Waals surface area contributed by atoms with E-state index in [0.29, 0.717) is 6.04 Å². The quantitative estimate of drug-likeness (QED) is 0.300. The molecule has 122 valence electrons. The minimum Gasteiger partial charge on any atom is -0.355 e. The van der Waals surface area contributed by atoms with Crippen LogP contribution in [-0.2, 0) is 13.0 Å². The molecule has 7 heteroatoms. The third kappa shape index (κ3) is 8.23. The van der Waals surface area contributed by atoms with Gasteiger partial charge in [0.15, 0.2) is 5.96 Å². The van der Waals surface area contributed by atoms with Crippen LogP contribution >= 0.6 is 24.0 Å². The molecule has 0 spiro atoms. The van der Waals surface area contributed by atoms with Gasteiger partial charge in [-0.2, -0.15) is 0 Å². The Labute approximate surface area is 145 Å². The van der Waals surface area contributed by atoms with Crippen LogP contribution in [0.2, 0.25) is 0 Å². The van der Waals surface area contributed by atoms with Gasteiger partial charge in [0, 0.05) is 32.1 Å². The molecule has 0 unspecified atom stereocenters. The van der Waals surface area contributed by atoms with E-state index in [-0.39, 0.29) is 24.0 Å². The van der Waals surface area contributed by atoms with Crippen LogP contribution in [0.5, 0.6) is 0 Å². The van der Waals surface area contributed by atoms with Crippen molar-refractivity contribution in [2.24, 2.45) is 4.99 Å². The summed E-state index contributed by atoms with van der Waals surface area (Å²) in [7, 11) is 0. The van der Waals surface area contributed by atoms with Crippen molar-refractivity contribution >= 4 is 29.9 Å². The van der Waals surface area contributed by atoms with Gasteiger partial charge in [0.2, 0.25) is 0 Å². The highest BCUT2D eigenvalue weighted by atomic mass is 127. The molecule has 0 amide bonds. The summed E-state index contributed by atoms with van der Waals surface area (Å²) in [6.07, 6.45) is 4.97. The fourth-order valence-corrected chi connectivity index (χ4v) is 1.81. The Morgan fingerprint density at radius 3 is 2.76 bits per heavy atom. The van der Waals surface area contributed by atoms with Crippen molar-refractivity contribution in [1.82, 2.24) is 25.4 Å². The van der Waals surface area contributed by atoms with Crippen LogP contribution in [0.15, 0.2) is 11.3 Å². The zero-order chi connectivity index (χ0) is 14.8. The summed E-state index contributed by atoms with van der Waals surface area (Å²) in [5.74, 6) is 1.91. The number of hydrogen-bond acceptors (Lipinski definition) is 3. The highest BCUT2D eigenvalue weighted by molar-refractivity contribution is 14.0. The maximum atomic E-state index is 4.57. The van der Waals surface area contributed by atoms with Crippen molar-refractivity contribution < 1.29 is 0 Å². The molecule has 1 aromatic rings. The number of nitrogens with zero attached hydrogens (tertiary/aromatic N) is 4. The standard InChI is InChI=1S/C14H28N6.HI/c1-5-7-8-15-14(18-12(3)4)16-9-10-20-11-17-19-13(20)6-2;/h11-12H,5-10H2,1-4H3,(H2,15,16,18);1H. The molecule has 0 bridgehead atoms. The molecule has 0 saturated carbocycles. The van der Waals surface area contributed by atoms with Gasteiger partial charge in [-0.05, 0) is 20.3 Å². The first-order valence-corrected chi connectivity index (χ1v) is 7.58. The predicted molar refractivity (Wildman–Crippen MR) is 98.3 cm³/mol. The smallest absolute Gasteiger partial charge is 0.191 e. The Hall–Kier alpha value is -0.860. The van der Waals surface area contributed by atoms with Gasteiger partial charge in [-0.3, -0.25) is 4.99 Å². The van der Waals surface area contributed by atoms with Gasteiger partial charge in [0.05, 0.1) is 0 Å². The number of nitrogens with one attached hydrogen (secondary N) is 2. The summed E-state index contributed by atoms with van der Waals surface area (Å²) in [5, 5.41) is 14.7. The lowest BCUT2D eigenvalue weighted by atomic mass is 10.3. The fraction of sp³-hybridized carbons (Fsp3) is 0.786. The largest absolute Gasteiger partial charge is 0.355 e. The third-order valence-electron chi connectivity index (χ3n) is 2.86. The Bertz CT molecular complexity index is 402. The lowest BCUT2D eigenvalue weighted by Gasteiger charge is -2.15. The average molecular weight is 408 g/mol. The maximum absolute atomic E-state index is 4.57. The normalized spacial score (nSPS) is 11.4. The van der Waals surface area contributed by atoms with Crippen LogP contribution in [-0.4, -0.2) is 39.9 Å². The molecular formula is C14H29IN6. The van der Waals surface area contributed by atoms with Crippen LogP contribution < -0.4 is 10.6 Å². The van der Waals surface area contributed by atoms with Crippen LogP contribution in [0.4, 0.5) is 0 Å². The number of unbranched alkanes of at least 4 members (excludes halogenated alkanes) is 1. The second-order valence-corrected chi connectivity index (χ2v) is 5.10. The van der Waals surface area contributed by atoms with E-state index in [0.717, 1.165) is 44.3 Å². The summed E-state index contributed by atoms with van der Waals surface area (Å²) in [5.41, 5.74) is 0. The summed E-state index contributed by atoms with van der Waals surface area (Å²) in [6, 6.07) is 0.379. The van der Waals surface area contributed by atoms with Crippen molar-refractivity contribution in [2.45, 2.75) is 59.5 Å². The second kappa shape index (κ2) is 11.8. The van der Waals surface area contributed by atoms with Gasteiger partial charge in [-0.15, -0.1) is 34.2 Å². The molecule has 1 aromatic heterocycles. The van der Waals surface area contributed by atoms with Gasteiger partial charge in [0.1, 0.15) is 12.2 Å². The number of aliphatic imine (C=N–C) groups is 1. The van der Waals surface area contributed by atoms with Gasteiger partial charge in [-0.25, -0.2) is 0 Å². The molecule has 21 heavy (non-hydrogen) atoms. The molecule has 1 rings (SSSR count). The minimum absolute atomic E-state index is 0. The maximum Gasteiger partial charge on any atom is 0.191 e. The second-order valence-electron chi connectivity index (χ2n) is 5.10. The molecule has 2 N–H and O–H groups in total. The fourth-order valence-electron chi connectivity index (χ4n) is 1.81. The first-order chi connectivity index (χ1) is 9.67. The van der Waals surface area contributed by atoms with Crippen molar-refractivity contribution in [2.75, 3.05) is 13.1 Å². The number of hydrogen-bond donors (Lipinski definition) is 2. The Kier molecular flexibility index (Phi) is 11.3. The van der Waals surface area contributed by atoms with Crippen LogP contribution in [0.25, 0.3) is 0 Å². The molecule has 1 heterocycles. The van der Waals surface area contributed by atoms with Crippen LogP contribution in [0, 0.1) is 0 Å². The summed E-state index contributed by atoms with van der Waals surface area (Å²) < 4.78 is 2.08. The zero-order valence-corrected chi connectivity index (χ0v) is 15.9. The van der Waals surface area contributed by atoms with Crippen molar-refractivity contribution in [3.05, 3.63) is 12.2 Å². The number of guanidine groups is 1. The monoisotopic (exact) mass is 408 g/mol. The lowest BCUT2D eigenvalue weighted by molar-refractivity contribution is 0.621. The molecule has 0 atom stereocenters. The van der Waals surface area contributed by atoms with Gasteiger partial charge < -0.3 is 15.2 Å². The van der Waals surface area contributed by atoms with Gasteiger partial charge >= 0.3 is 0 Å². The van der Waals surface area contributed by atoms with E-state index >= 15 is 0 Å². The van der Waals surface area contributed by atoms with E-state index in [4.69, 9.17) is 0 Å². The number of rotatable bonds is 8. The Balaban J connectivity index is 0.00000400. The molecule has 6 nitrogen and oxygen atoms in total. The lowest BCUT2D eigenvalue weighted by Crippen LogP contribution is -2.42. The van der Waals surface area contributed by atoms with E-state index in [1.54, 1.807) is 6.33 Å². The molecule has 0 aliphatic rings. The highest BCUT2D eigenvalue weighted by Crippen LogP contribution is 1.95. The van der Waals surface area contributed by atoms with E-state index in [1.165, 1.54) is 6.42 Å². The van der Waals surface area contributed by atoms with Gasteiger partial charge in [-0.1, -0.05) is 20.3 Å². The summed E-state index contributed by atoms with van der Waals surface area (Å²) in [6.45, 7) is 11.0. The Morgan fingerprint density at radius 1 is 1.38 bits per heavy atom. The molecule has 0 aliphatic carbocycles. The average Bonchev–Trinajstić information content (AvgIpc) is 2.85. The van der Waals surface area contributed by atoms with E-state index in [9.17, 15) is 0 Å². The topological polar surface area (TPSA) is 67.1 Å². The molecule has 0 aliphatic heterocycles. The molecule has 0 aromatic carbocycles. The molecule has 0 fully saturated rings. The first kappa shape index (κ1) is 20.1. The van der Waals surface area contributed by atoms with E-state index in [2.05, 4.69) is 58.1 Å². The molecule has 0 radical (unpaired) electrons. The van der Waals surface area contributed by atoms with Crippen molar-refractivity contribution in [1.29, 1.82) is 0 Å². The number of aryl methyl sites for hydroxylation is 1. The first-order valence-electron chi connectivity index (χ1n) is 7.58. The minimum atomic E-state index is 0. The SMILES string of the molecule is CCCCN=C(NCCn1cnnc1CC)NC(C)C.I. The van der Waals surface area contributed by atoms with Crippen molar-refractivity contribution in [3.8, 4) is 0 Å². The predicted octanol–water partition coefficient (Wildman–Crippen LogP) is 2.20. The van der Waals surface area contributed by atoms with E-state index in [1.807, 2.05) is 0 Å². The number of aromatic nitrogens is 3. The zero-order valence-electron chi connectivity index (χ0n) is 13.6.